The Balaban J connectivity index is 2.11. The van der Waals surface area contributed by atoms with Crippen LogP contribution in [0.3, 0.4) is 0 Å². The normalized spacial score (nSPS) is 10.3. The first-order valence-electron chi connectivity index (χ1n) is 9.05. The Hall–Kier alpha value is -4.17. The number of nitrogens with one attached hydrogen (secondary N) is 1. The summed E-state index contributed by atoms with van der Waals surface area (Å²) in [4.78, 5) is 20.3. The maximum absolute atomic E-state index is 13.0. The number of pyridine rings is 2. The van der Waals surface area contributed by atoms with Crippen LogP contribution in [-0.4, -0.2) is 17.1 Å². The highest BCUT2D eigenvalue weighted by Gasteiger charge is 2.20. The van der Waals surface area contributed by atoms with Crippen molar-refractivity contribution in [3.05, 3.63) is 94.9 Å². The first-order valence-corrected chi connectivity index (χ1v) is 9.05. The molecule has 1 N–H and O–H groups in total. The maximum atomic E-state index is 13.0. The van der Waals surface area contributed by atoms with Crippen LogP contribution < -0.4 is 10.3 Å². The second-order valence-corrected chi connectivity index (χ2v) is 6.37. The van der Waals surface area contributed by atoms with E-state index < -0.39 is 0 Å². The third-order valence-electron chi connectivity index (χ3n) is 4.68. The summed E-state index contributed by atoms with van der Waals surface area (Å²) in [7, 11) is 1.56. The van der Waals surface area contributed by atoms with Gasteiger partial charge in [0.25, 0.3) is 5.56 Å². The van der Waals surface area contributed by atoms with Crippen LogP contribution in [-0.2, 0) is 0 Å². The van der Waals surface area contributed by atoms with E-state index in [1.54, 1.807) is 37.6 Å². The minimum atomic E-state index is -0.266. The molecule has 4 rings (SSSR count). The van der Waals surface area contributed by atoms with E-state index in [0.29, 0.717) is 28.3 Å². The van der Waals surface area contributed by atoms with Gasteiger partial charge in [-0.15, -0.1) is 0 Å². The van der Waals surface area contributed by atoms with E-state index in [2.05, 4.69) is 16.0 Å². The van der Waals surface area contributed by atoms with Gasteiger partial charge >= 0.3 is 0 Å². The molecule has 0 radical (unpaired) electrons. The van der Waals surface area contributed by atoms with Crippen LogP contribution in [0.5, 0.6) is 5.88 Å². The van der Waals surface area contributed by atoms with Crippen molar-refractivity contribution in [3.63, 3.8) is 0 Å². The van der Waals surface area contributed by atoms with E-state index in [1.165, 1.54) is 0 Å². The molecule has 0 aliphatic carbocycles. The monoisotopic (exact) mass is 379 g/mol. The number of methoxy groups -OCH3 is 1. The van der Waals surface area contributed by atoms with Gasteiger partial charge in [-0.1, -0.05) is 54.6 Å². The van der Waals surface area contributed by atoms with Gasteiger partial charge in [-0.25, -0.2) is 4.98 Å². The lowest BCUT2D eigenvalue weighted by Crippen LogP contribution is -2.12. The van der Waals surface area contributed by atoms with E-state index in [1.807, 2.05) is 48.5 Å². The van der Waals surface area contributed by atoms with Crippen molar-refractivity contribution in [2.24, 2.45) is 0 Å². The van der Waals surface area contributed by atoms with Crippen LogP contribution in [0.15, 0.2) is 83.8 Å². The molecular weight excluding hydrogens is 362 g/mol. The molecule has 0 saturated carbocycles. The molecule has 0 aliphatic rings. The Kier molecular flexibility index (Phi) is 4.91. The molecule has 4 aromatic rings. The van der Waals surface area contributed by atoms with Gasteiger partial charge in [0.15, 0.2) is 0 Å². The van der Waals surface area contributed by atoms with Gasteiger partial charge in [0.05, 0.1) is 30.0 Å². The number of H-pyrrole nitrogens is 1. The third kappa shape index (κ3) is 3.40. The second-order valence-electron chi connectivity index (χ2n) is 6.37. The molecule has 0 atom stereocenters. The minimum Gasteiger partial charge on any atom is -0.481 e. The molecule has 29 heavy (non-hydrogen) atoms. The van der Waals surface area contributed by atoms with Crippen molar-refractivity contribution in [2.45, 2.75) is 0 Å². The average Bonchev–Trinajstić information content (AvgIpc) is 2.79. The van der Waals surface area contributed by atoms with Crippen molar-refractivity contribution < 1.29 is 4.74 Å². The zero-order chi connectivity index (χ0) is 20.2. The number of hydrogen-bond acceptors (Lipinski definition) is 4. The Bertz CT molecular complexity index is 1270. The topological polar surface area (TPSA) is 78.8 Å². The van der Waals surface area contributed by atoms with Crippen molar-refractivity contribution in [1.29, 1.82) is 5.26 Å². The number of rotatable bonds is 4. The van der Waals surface area contributed by atoms with Crippen molar-refractivity contribution in [2.75, 3.05) is 7.11 Å². The molecule has 2 heterocycles. The lowest BCUT2D eigenvalue weighted by atomic mass is 9.89. The van der Waals surface area contributed by atoms with E-state index >= 15 is 0 Å². The highest BCUT2D eigenvalue weighted by Crippen LogP contribution is 2.38. The first-order chi connectivity index (χ1) is 14.2. The van der Waals surface area contributed by atoms with Gasteiger partial charge in [0.1, 0.15) is 0 Å². The fourth-order valence-corrected chi connectivity index (χ4v) is 3.37. The van der Waals surface area contributed by atoms with Crippen molar-refractivity contribution in [1.82, 2.24) is 9.97 Å². The smallest absolute Gasteiger partial charge is 0.256 e. The van der Waals surface area contributed by atoms with Crippen LogP contribution in [0.2, 0.25) is 0 Å². The van der Waals surface area contributed by atoms with Crippen molar-refractivity contribution >= 4 is 0 Å². The largest absolute Gasteiger partial charge is 0.481 e. The van der Waals surface area contributed by atoms with E-state index in [4.69, 9.17) is 4.74 Å². The maximum Gasteiger partial charge on any atom is 0.256 e. The fourth-order valence-electron chi connectivity index (χ4n) is 3.37. The summed E-state index contributed by atoms with van der Waals surface area (Å²) in [6.07, 6.45) is 1.66. The Morgan fingerprint density at radius 3 is 2.41 bits per heavy atom. The van der Waals surface area contributed by atoms with Gasteiger partial charge in [-0.3, -0.25) is 4.79 Å². The molecule has 0 aliphatic heterocycles. The van der Waals surface area contributed by atoms with Gasteiger partial charge in [-0.05, 0) is 17.7 Å². The number of aromatic nitrogens is 2. The third-order valence-corrected chi connectivity index (χ3v) is 4.68. The molecule has 5 nitrogen and oxygen atoms in total. The fraction of sp³-hybridized carbons (Fsp3) is 0.0417. The molecule has 140 valence electrons. The Morgan fingerprint density at radius 1 is 0.897 bits per heavy atom. The predicted molar refractivity (Wildman–Crippen MR) is 112 cm³/mol. The number of nitrogens with zero attached hydrogens (tertiary/aromatic N) is 2. The van der Waals surface area contributed by atoms with Crippen molar-refractivity contribution in [3.8, 4) is 45.5 Å². The molecule has 0 amide bonds. The molecule has 0 fully saturated rings. The summed E-state index contributed by atoms with van der Waals surface area (Å²) < 4.78 is 5.27. The summed E-state index contributed by atoms with van der Waals surface area (Å²) in [5.74, 6) is 0.478. The Morgan fingerprint density at radius 2 is 1.66 bits per heavy atom. The summed E-state index contributed by atoms with van der Waals surface area (Å²) in [5, 5.41) is 9.60. The van der Waals surface area contributed by atoms with E-state index in [-0.39, 0.29) is 5.56 Å². The molecular formula is C24H17N3O2. The lowest BCUT2D eigenvalue weighted by molar-refractivity contribution is 0.398. The summed E-state index contributed by atoms with van der Waals surface area (Å²) in [5.41, 5.74) is 4.19. The molecule has 0 unspecified atom stereocenters. The zero-order valence-electron chi connectivity index (χ0n) is 15.7. The molecule has 0 saturated heterocycles. The summed E-state index contributed by atoms with van der Waals surface area (Å²) in [6.45, 7) is 0. The average molecular weight is 379 g/mol. The number of aromatic amines is 1. The standard InChI is InChI=1S/C24H17N3O2/c1-29-21-13-7-12-20(27-21)19-15-26-24(28)23(18-11-6-5-10-17(18)14-25)22(19)16-8-3-2-4-9-16/h2-13,15H,1H3,(H,26,28). The van der Waals surface area contributed by atoms with Gasteiger partial charge < -0.3 is 9.72 Å². The molecule has 0 bridgehead atoms. The molecule has 2 aromatic heterocycles. The summed E-state index contributed by atoms with van der Waals surface area (Å²) >= 11 is 0. The molecule has 0 spiro atoms. The highest BCUT2D eigenvalue weighted by atomic mass is 16.5. The second kappa shape index (κ2) is 7.83. The van der Waals surface area contributed by atoms with Crippen LogP contribution in [0.4, 0.5) is 0 Å². The van der Waals surface area contributed by atoms with Gasteiger partial charge in [0, 0.05) is 29.0 Å². The van der Waals surface area contributed by atoms with Crippen LogP contribution in [0, 0.1) is 11.3 Å². The quantitative estimate of drug-likeness (QED) is 0.560. The van der Waals surface area contributed by atoms with E-state index in [9.17, 15) is 10.1 Å². The Labute approximate surface area is 167 Å². The highest BCUT2D eigenvalue weighted by molar-refractivity contribution is 5.94. The van der Waals surface area contributed by atoms with Gasteiger partial charge in [-0.2, -0.15) is 5.26 Å². The molecule has 5 heteroatoms. The van der Waals surface area contributed by atoms with Gasteiger partial charge in [0.2, 0.25) is 5.88 Å². The van der Waals surface area contributed by atoms with Crippen LogP contribution in [0.1, 0.15) is 5.56 Å². The number of benzene rings is 2. The lowest BCUT2D eigenvalue weighted by Gasteiger charge is -2.15. The number of ether oxygens (including phenoxy) is 1. The predicted octanol–water partition coefficient (Wildman–Crippen LogP) is 4.65. The number of nitriles is 1. The molecule has 2 aromatic carbocycles. The van der Waals surface area contributed by atoms with Crippen LogP contribution in [0.25, 0.3) is 33.5 Å². The SMILES string of the molecule is COc1cccc(-c2c[nH]c(=O)c(-c3ccccc3C#N)c2-c2ccccc2)n1. The van der Waals surface area contributed by atoms with Crippen LogP contribution >= 0.6 is 0 Å². The van der Waals surface area contributed by atoms with E-state index in [0.717, 1.165) is 16.7 Å². The number of hydrogen-bond donors (Lipinski definition) is 1. The minimum absolute atomic E-state index is 0.266. The zero-order valence-corrected chi connectivity index (χ0v) is 15.7. The first kappa shape index (κ1) is 18.2. The summed E-state index contributed by atoms with van der Waals surface area (Å²) in [6, 6.07) is 24.4.